The van der Waals surface area contributed by atoms with E-state index in [-0.39, 0.29) is 75.8 Å². The highest BCUT2D eigenvalue weighted by Gasteiger charge is 2.41. The maximum atomic E-state index is 14.6. The van der Waals surface area contributed by atoms with Crippen LogP contribution in [0.25, 0.3) is 0 Å². The number of aliphatic imine (C=N–C) groups is 1. The van der Waals surface area contributed by atoms with E-state index in [4.69, 9.17) is 28.0 Å². The number of likely N-dealkylation sites (tertiary alicyclic amines) is 1. The largest absolute Gasteiger partial charge is 0.480 e. The highest BCUT2D eigenvalue weighted by molar-refractivity contribution is 5.99. The van der Waals surface area contributed by atoms with Crippen LogP contribution in [0.1, 0.15) is 131 Å². The van der Waals surface area contributed by atoms with Gasteiger partial charge in [0.25, 0.3) is 0 Å². The van der Waals surface area contributed by atoms with Gasteiger partial charge in [0.15, 0.2) is 5.96 Å². The highest BCUT2D eigenvalue weighted by Crippen LogP contribution is 2.21. The van der Waals surface area contributed by atoms with Gasteiger partial charge < -0.3 is 85.8 Å². The number of unbranched alkanes of at least 4 members (excludes halogenated alkanes) is 1. The van der Waals surface area contributed by atoms with Crippen molar-refractivity contribution in [2.75, 3.05) is 26.2 Å². The number of benzene rings is 1. The summed E-state index contributed by atoms with van der Waals surface area (Å²) in [5, 5.41) is 33.1. The number of aromatic amines is 1. The number of carboxylic acids is 1. The minimum atomic E-state index is -1.31. The molecule has 87 heavy (non-hydrogen) atoms. The van der Waals surface area contributed by atoms with E-state index in [2.05, 4.69) is 62.8 Å². The summed E-state index contributed by atoms with van der Waals surface area (Å²) in [5.74, 6) is -9.06. The molecule has 1 aromatic heterocycles. The van der Waals surface area contributed by atoms with E-state index in [1.165, 1.54) is 31.3 Å². The number of imidazole rings is 1. The van der Waals surface area contributed by atoms with Gasteiger partial charge in [0.2, 0.25) is 59.1 Å². The lowest BCUT2D eigenvalue weighted by Crippen LogP contribution is -2.61. The Balaban J connectivity index is 1.81. The number of nitrogens with two attached hydrogens (primary N) is 4. The number of aliphatic carboxylic acids is 1. The minimum absolute atomic E-state index is 0.0354. The normalized spacial score (nSPS) is 16.4. The van der Waals surface area contributed by atoms with Crippen molar-refractivity contribution >= 4 is 71.0 Å². The third kappa shape index (κ3) is 25.7. The number of carboxylic acid groups (broad SMARTS) is 1. The number of nitrogens with one attached hydrogen (secondary N) is 10. The van der Waals surface area contributed by atoms with Gasteiger partial charge in [-0.1, -0.05) is 78.3 Å². The van der Waals surface area contributed by atoms with E-state index in [9.17, 15) is 52.7 Å². The molecular formula is C58H95N17O12. The molecule has 2 heterocycles. The van der Waals surface area contributed by atoms with Crippen LogP contribution in [0.3, 0.4) is 0 Å². The van der Waals surface area contributed by atoms with E-state index in [0.717, 1.165) is 0 Å². The third-order valence-electron chi connectivity index (χ3n) is 14.6. The Morgan fingerprint density at radius 1 is 0.667 bits per heavy atom. The molecule has 0 spiro atoms. The van der Waals surface area contributed by atoms with Gasteiger partial charge in [-0.15, -0.1) is 0 Å². The second-order valence-corrected chi connectivity index (χ2v) is 23.0. The molecule has 19 N–H and O–H groups in total. The molecule has 0 bridgehead atoms. The molecule has 1 aromatic carbocycles. The van der Waals surface area contributed by atoms with E-state index >= 15 is 0 Å². The summed E-state index contributed by atoms with van der Waals surface area (Å²) >= 11 is 0. The quantitative estimate of drug-likeness (QED) is 0.0196. The molecule has 0 saturated carbocycles. The lowest BCUT2D eigenvalue weighted by atomic mass is 9.96. The maximum absolute atomic E-state index is 14.6. The Bertz CT molecular complexity index is 2620. The number of hydrogen-bond donors (Lipinski definition) is 15. The Kier molecular flexibility index (Phi) is 31.4. The summed E-state index contributed by atoms with van der Waals surface area (Å²) in [6, 6.07) is -3.04. The molecule has 1 aliphatic heterocycles. The van der Waals surface area contributed by atoms with Crippen molar-refractivity contribution in [2.45, 2.75) is 193 Å². The molecule has 1 aliphatic rings. The second kappa shape index (κ2) is 37.4. The molecule has 29 nitrogen and oxygen atoms in total. The summed E-state index contributed by atoms with van der Waals surface area (Å²) in [5.41, 5.74) is 23.7. The van der Waals surface area contributed by atoms with Crippen LogP contribution in [0.2, 0.25) is 0 Å². The number of nitrogens with zero attached hydrogens (tertiary/aromatic N) is 3. The van der Waals surface area contributed by atoms with Gasteiger partial charge in [-0.2, -0.15) is 0 Å². The van der Waals surface area contributed by atoms with Crippen LogP contribution < -0.4 is 70.8 Å². The van der Waals surface area contributed by atoms with Gasteiger partial charge in [0.1, 0.15) is 60.9 Å². The first-order valence-corrected chi connectivity index (χ1v) is 29.9. The van der Waals surface area contributed by atoms with Crippen molar-refractivity contribution in [3.8, 4) is 0 Å². The third-order valence-corrected chi connectivity index (χ3v) is 14.6. The van der Waals surface area contributed by atoms with E-state index in [1.54, 1.807) is 44.2 Å². The van der Waals surface area contributed by atoms with Gasteiger partial charge in [-0.05, 0) is 101 Å². The summed E-state index contributed by atoms with van der Waals surface area (Å²) in [6.45, 7) is 13.7. The Labute approximate surface area is 508 Å². The molecular weight excluding hydrogens is 1130 g/mol. The van der Waals surface area contributed by atoms with Crippen molar-refractivity contribution in [3.05, 3.63) is 54.1 Å². The highest BCUT2D eigenvalue weighted by atomic mass is 16.4. The smallest absolute Gasteiger partial charge is 0.322 e. The molecule has 0 radical (unpaired) electrons. The fraction of sp³-hybridized carbons (Fsp3) is 0.638. The number of guanidine groups is 1. The van der Waals surface area contributed by atoms with Gasteiger partial charge in [0.05, 0.1) is 12.4 Å². The average Bonchev–Trinajstić information content (AvgIpc) is 2.73. The van der Waals surface area contributed by atoms with E-state index < -0.39 is 138 Å². The van der Waals surface area contributed by atoms with Crippen molar-refractivity contribution in [3.63, 3.8) is 0 Å². The fourth-order valence-electron chi connectivity index (χ4n) is 9.60. The lowest BCUT2D eigenvalue weighted by molar-refractivity contribution is -0.142. The van der Waals surface area contributed by atoms with Crippen molar-refractivity contribution in [1.29, 1.82) is 0 Å². The standard InChI is InChI=1S/C58H95N17O12/c1-9-34(6)47(74-54(84)43(27-37-17-11-10-12-18-37)70-48(78)35(7)67-53(83)42(26-33(4)5)71-50(80)39(60)19-15-23-64-58(61)62)56(86)68-36(8)49(79)73-44(28-38-29-63-31-66-38)57(87)75-24-16-21-45(75)55(85)69-40(20-13-14-22-59)52(82)72-41(25-32(2)3)51(81)65-30-46(76)77/h10-12,17-18,29,31-36,39-45,47H,9,13-16,19-28,30,59-60H2,1-8H3,(H,63,66)(H,65,81)(H,67,83)(H,68,86)(H,69,85)(H,70,78)(H,71,80)(H,72,82)(H,73,79)(H,74,84)(H,76,77)(H4,61,62,64)/t34-,35-,36-,39-,40-,41-,42-,43-,44-,45-,47-/m0/s1. The van der Waals surface area contributed by atoms with Gasteiger partial charge in [0, 0.05) is 37.8 Å². The molecule has 1 saturated heterocycles. The van der Waals surface area contributed by atoms with Crippen LogP contribution in [-0.4, -0.2) is 178 Å². The van der Waals surface area contributed by atoms with Crippen LogP contribution in [0.5, 0.6) is 0 Å². The fourth-order valence-corrected chi connectivity index (χ4v) is 9.60. The number of rotatable bonds is 38. The maximum Gasteiger partial charge on any atom is 0.322 e. The van der Waals surface area contributed by atoms with Crippen molar-refractivity contribution in [1.82, 2.24) is 62.7 Å². The molecule has 10 amide bonds. The lowest BCUT2D eigenvalue weighted by Gasteiger charge is -2.31. The predicted octanol–water partition coefficient (Wildman–Crippen LogP) is -2.05. The molecule has 2 aromatic rings. The molecule has 484 valence electrons. The zero-order valence-corrected chi connectivity index (χ0v) is 51.4. The zero-order valence-electron chi connectivity index (χ0n) is 51.4. The number of H-pyrrole nitrogens is 1. The van der Waals surface area contributed by atoms with Crippen LogP contribution >= 0.6 is 0 Å². The summed E-state index contributed by atoms with van der Waals surface area (Å²) < 4.78 is 0. The Morgan fingerprint density at radius 2 is 1.24 bits per heavy atom. The van der Waals surface area contributed by atoms with Crippen LogP contribution in [0, 0.1) is 17.8 Å². The number of carbonyl (C=O) groups excluding carboxylic acids is 10. The van der Waals surface area contributed by atoms with E-state index in [0.29, 0.717) is 49.9 Å². The average molecular weight is 1220 g/mol. The minimum Gasteiger partial charge on any atom is -0.480 e. The molecule has 11 atom stereocenters. The number of amides is 10. The molecule has 1 fully saturated rings. The van der Waals surface area contributed by atoms with Crippen LogP contribution in [-0.2, 0) is 65.6 Å². The number of hydrogen-bond acceptors (Lipinski definition) is 15. The van der Waals surface area contributed by atoms with Crippen LogP contribution in [0.15, 0.2) is 47.8 Å². The topological polar surface area (TPSA) is 465 Å². The Morgan fingerprint density at radius 3 is 1.82 bits per heavy atom. The first-order valence-electron chi connectivity index (χ1n) is 29.9. The number of carbonyl (C=O) groups is 11. The van der Waals surface area contributed by atoms with E-state index in [1.807, 2.05) is 27.7 Å². The molecule has 3 rings (SSSR count). The monoisotopic (exact) mass is 1220 g/mol. The first kappa shape index (κ1) is 73.0. The summed E-state index contributed by atoms with van der Waals surface area (Å²) in [6.07, 6.45) is 5.74. The molecule has 0 unspecified atom stereocenters. The van der Waals surface area contributed by atoms with Gasteiger partial charge in [-0.3, -0.25) is 57.7 Å². The van der Waals surface area contributed by atoms with Crippen molar-refractivity contribution < 1.29 is 57.8 Å². The summed E-state index contributed by atoms with van der Waals surface area (Å²) in [4.78, 5) is 163. The van der Waals surface area contributed by atoms with Crippen molar-refractivity contribution in [2.24, 2.45) is 45.7 Å². The van der Waals surface area contributed by atoms with Gasteiger partial charge >= 0.3 is 5.97 Å². The molecule has 0 aliphatic carbocycles. The zero-order chi connectivity index (χ0) is 64.9. The second-order valence-electron chi connectivity index (χ2n) is 23.0. The Hall–Kier alpha value is -8.21. The number of aromatic nitrogens is 2. The predicted molar refractivity (Wildman–Crippen MR) is 324 cm³/mol. The summed E-state index contributed by atoms with van der Waals surface area (Å²) in [7, 11) is 0. The SMILES string of the molecule is CC[C@H](C)[C@H](NC(=O)[C@H](Cc1ccccc1)NC(=O)[C@H](C)NC(=O)[C@H](CC(C)C)NC(=O)[C@@H](N)CCCN=C(N)N)C(=O)N[C@@H](C)C(=O)N[C@@H](Cc1cnc[nH]1)C(=O)N1CCC[C@H]1C(=O)N[C@@H](CCCCN)C(=O)N[C@@H](CC(C)C)C(=O)NCC(=O)O. The molecule has 29 heteroatoms. The van der Waals surface area contributed by atoms with Crippen LogP contribution in [0.4, 0.5) is 0 Å². The first-order chi connectivity index (χ1) is 41.1. The van der Waals surface area contributed by atoms with Gasteiger partial charge in [-0.25, -0.2) is 4.98 Å².